The molecule has 138 valence electrons. The minimum absolute atomic E-state index is 0.230. The second-order valence-electron chi connectivity index (χ2n) is 7.27. The molecule has 0 saturated carbocycles. The van der Waals surface area contributed by atoms with Crippen LogP contribution in [0.15, 0.2) is 47.3 Å². The monoisotopic (exact) mass is 369 g/mol. The predicted molar refractivity (Wildman–Crippen MR) is 107 cm³/mol. The highest BCUT2D eigenvalue weighted by atomic mass is 16.3. The fourth-order valence-electron chi connectivity index (χ4n) is 4.06. The van der Waals surface area contributed by atoms with Crippen molar-refractivity contribution in [2.75, 3.05) is 5.32 Å². The molecular formula is C22H19N5O. The number of aromatic amines is 1. The fraction of sp³-hybridized carbons (Fsp3) is 0.227. The molecule has 2 aromatic heterocycles. The van der Waals surface area contributed by atoms with Crippen molar-refractivity contribution < 1.29 is 4.42 Å². The molecule has 28 heavy (non-hydrogen) atoms. The first-order chi connectivity index (χ1) is 13.7. The van der Waals surface area contributed by atoms with Gasteiger partial charge in [-0.1, -0.05) is 6.07 Å². The lowest BCUT2D eigenvalue weighted by atomic mass is 9.85. The Morgan fingerprint density at radius 2 is 2.21 bits per heavy atom. The maximum absolute atomic E-state index is 9.32. The number of aryl methyl sites for hydroxylation is 2. The third kappa shape index (κ3) is 2.72. The summed E-state index contributed by atoms with van der Waals surface area (Å²) in [6.07, 6.45) is 6.28. The molecule has 0 amide bonds. The van der Waals surface area contributed by atoms with Gasteiger partial charge in [-0.15, -0.1) is 0 Å². The van der Waals surface area contributed by atoms with Crippen molar-refractivity contribution in [1.29, 1.82) is 5.26 Å². The van der Waals surface area contributed by atoms with Gasteiger partial charge in [0.15, 0.2) is 12.2 Å². The summed E-state index contributed by atoms with van der Waals surface area (Å²) in [5, 5.41) is 21.4. The third-order valence-electron chi connectivity index (χ3n) is 5.49. The molecule has 0 aliphatic heterocycles. The van der Waals surface area contributed by atoms with Crippen molar-refractivity contribution in [3.05, 3.63) is 65.2 Å². The lowest BCUT2D eigenvalue weighted by Crippen LogP contribution is -2.18. The first-order valence-electron chi connectivity index (χ1n) is 9.40. The van der Waals surface area contributed by atoms with Gasteiger partial charge in [-0.05, 0) is 67.1 Å². The Hall–Kier alpha value is -3.59. The summed E-state index contributed by atoms with van der Waals surface area (Å²) in [5.74, 6) is 0.645. The maximum Gasteiger partial charge on any atom is 0.181 e. The average Bonchev–Trinajstić information content (AvgIpc) is 3.37. The second kappa shape index (κ2) is 6.54. The van der Waals surface area contributed by atoms with Crippen LogP contribution in [-0.4, -0.2) is 15.2 Å². The molecule has 5 rings (SSSR count). The van der Waals surface area contributed by atoms with Crippen LogP contribution in [0.1, 0.15) is 41.1 Å². The Kier molecular flexibility index (Phi) is 3.87. The Morgan fingerprint density at radius 3 is 3.04 bits per heavy atom. The lowest BCUT2D eigenvalue weighted by molar-refractivity contribution is 0.570. The van der Waals surface area contributed by atoms with Gasteiger partial charge in [0.2, 0.25) is 0 Å². The highest BCUT2D eigenvalue weighted by Crippen LogP contribution is 2.35. The maximum atomic E-state index is 9.32. The summed E-state index contributed by atoms with van der Waals surface area (Å²) in [7, 11) is 0. The van der Waals surface area contributed by atoms with Gasteiger partial charge < -0.3 is 9.73 Å². The number of oxazole rings is 1. The highest BCUT2D eigenvalue weighted by molar-refractivity contribution is 5.93. The quantitative estimate of drug-likeness (QED) is 0.537. The molecule has 1 aliphatic rings. The van der Waals surface area contributed by atoms with E-state index in [4.69, 9.17) is 4.42 Å². The van der Waals surface area contributed by atoms with Crippen LogP contribution in [0.25, 0.3) is 22.4 Å². The molecule has 0 fully saturated rings. The van der Waals surface area contributed by atoms with E-state index in [9.17, 15) is 5.26 Å². The molecule has 1 atom stereocenters. The van der Waals surface area contributed by atoms with Crippen molar-refractivity contribution in [3.63, 3.8) is 0 Å². The van der Waals surface area contributed by atoms with Crippen LogP contribution in [-0.2, 0) is 6.42 Å². The summed E-state index contributed by atoms with van der Waals surface area (Å²) in [6, 6.07) is 12.9. The number of anilines is 1. The van der Waals surface area contributed by atoms with E-state index in [2.05, 4.69) is 50.8 Å². The SMILES string of the molecule is Cc1cc2c(cc1C#N)CCCC2Nc1ccc2[nH]nc(-c3cnco3)c2c1. The van der Waals surface area contributed by atoms with E-state index in [0.29, 0.717) is 5.76 Å². The molecule has 0 spiro atoms. The van der Waals surface area contributed by atoms with Gasteiger partial charge in [0.05, 0.1) is 29.4 Å². The van der Waals surface area contributed by atoms with Crippen molar-refractivity contribution in [3.8, 4) is 17.5 Å². The van der Waals surface area contributed by atoms with Crippen LogP contribution >= 0.6 is 0 Å². The molecule has 1 unspecified atom stereocenters. The Bertz CT molecular complexity index is 1200. The van der Waals surface area contributed by atoms with E-state index >= 15 is 0 Å². The van der Waals surface area contributed by atoms with Crippen molar-refractivity contribution >= 4 is 16.6 Å². The summed E-state index contributed by atoms with van der Waals surface area (Å²) < 4.78 is 5.42. The van der Waals surface area contributed by atoms with E-state index in [1.807, 2.05) is 13.0 Å². The number of aromatic nitrogens is 3. The van der Waals surface area contributed by atoms with E-state index in [1.165, 1.54) is 17.5 Å². The van der Waals surface area contributed by atoms with E-state index in [1.54, 1.807) is 6.20 Å². The normalized spacial score (nSPS) is 15.9. The third-order valence-corrected chi connectivity index (χ3v) is 5.49. The minimum atomic E-state index is 0.230. The predicted octanol–water partition coefficient (Wildman–Crippen LogP) is 4.89. The smallest absolute Gasteiger partial charge is 0.181 e. The van der Waals surface area contributed by atoms with Crippen molar-refractivity contribution in [2.45, 2.75) is 32.2 Å². The van der Waals surface area contributed by atoms with Crippen molar-refractivity contribution in [1.82, 2.24) is 15.2 Å². The lowest BCUT2D eigenvalue weighted by Gasteiger charge is -2.28. The van der Waals surface area contributed by atoms with Gasteiger partial charge >= 0.3 is 0 Å². The molecule has 2 N–H and O–H groups in total. The van der Waals surface area contributed by atoms with Gasteiger partial charge in [0, 0.05) is 11.1 Å². The molecular weight excluding hydrogens is 350 g/mol. The first kappa shape index (κ1) is 16.6. The number of hydrogen-bond donors (Lipinski definition) is 2. The van der Waals surface area contributed by atoms with Crippen LogP contribution in [0, 0.1) is 18.3 Å². The zero-order chi connectivity index (χ0) is 19.1. The topological polar surface area (TPSA) is 90.5 Å². The summed E-state index contributed by atoms with van der Waals surface area (Å²) >= 11 is 0. The standard InChI is InChI=1S/C22H19N5O/c1-13-7-17-14(8-15(13)10-23)3-2-4-19(17)25-16-5-6-20-18(9-16)22(27-26-20)21-11-24-12-28-21/h5-9,11-12,19,25H,2-4H2,1H3,(H,26,27). The Morgan fingerprint density at radius 1 is 1.29 bits per heavy atom. The fourth-order valence-corrected chi connectivity index (χ4v) is 4.06. The molecule has 2 heterocycles. The molecule has 0 radical (unpaired) electrons. The van der Waals surface area contributed by atoms with E-state index in [0.717, 1.165) is 52.7 Å². The number of nitrogens with zero attached hydrogens (tertiary/aromatic N) is 3. The zero-order valence-electron chi connectivity index (χ0n) is 15.5. The molecule has 1 aliphatic carbocycles. The largest absolute Gasteiger partial charge is 0.442 e. The van der Waals surface area contributed by atoms with Gasteiger partial charge in [-0.25, -0.2) is 4.98 Å². The summed E-state index contributed by atoms with van der Waals surface area (Å²) in [4.78, 5) is 3.99. The number of benzene rings is 2. The van der Waals surface area contributed by atoms with Crippen LogP contribution in [0.5, 0.6) is 0 Å². The van der Waals surface area contributed by atoms with Gasteiger partial charge in [0.25, 0.3) is 0 Å². The molecule has 6 nitrogen and oxygen atoms in total. The Labute approximate surface area is 162 Å². The van der Waals surface area contributed by atoms with Gasteiger partial charge in [-0.3, -0.25) is 5.10 Å². The minimum Gasteiger partial charge on any atom is -0.442 e. The van der Waals surface area contributed by atoms with E-state index in [-0.39, 0.29) is 6.04 Å². The van der Waals surface area contributed by atoms with Crippen LogP contribution in [0.2, 0.25) is 0 Å². The summed E-state index contributed by atoms with van der Waals surface area (Å²) in [5.41, 5.74) is 7.13. The van der Waals surface area contributed by atoms with Gasteiger partial charge in [-0.2, -0.15) is 10.4 Å². The molecule has 0 bridgehead atoms. The van der Waals surface area contributed by atoms with Gasteiger partial charge in [0.1, 0.15) is 5.69 Å². The summed E-state index contributed by atoms with van der Waals surface area (Å²) in [6.45, 7) is 2.01. The number of H-pyrrole nitrogens is 1. The highest BCUT2D eigenvalue weighted by Gasteiger charge is 2.22. The Balaban J connectivity index is 1.51. The number of fused-ring (bicyclic) bond motifs is 2. The molecule has 6 heteroatoms. The molecule has 0 saturated heterocycles. The number of nitrogens with one attached hydrogen (secondary N) is 2. The van der Waals surface area contributed by atoms with Crippen LogP contribution in [0.4, 0.5) is 5.69 Å². The van der Waals surface area contributed by atoms with Crippen LogP contribution < -0.4 is 5.32 Å². The van der Waals surface area contributed by atoms with Crippen molar-refractivity contribution in [2.24, 2.45) is 0 Å². The molecule has 4 aromatic rings. The molecule has 2 aromatic carbocycles. The second-order valence-corrected chi connectivity index (χ2v) is 7.27. The number of rotatable bonds is 3. The number of nitriles is 1. The first-order valence-corrected chi connectivity index (χ1v) is 9.40. The van der Waals surface area contributed by atoms with E-state index < -0.39 is 0 Å². The number of hydrogen-bond acceptors (Lipinski definition) is 5. The zero-order valence-corrected chi connectivity index (χ0v) is 15.5. The average molecular weight is 369 g/mol. The van der Waals surface area contributed by atoms with Crippen LogP contribution in [0.3, 0.4) is 0 Å².